The molecule has 106 valence electrons. The lowest BCUT2D eigenvalue weighted by Crippen LogP contribution is -2.45. The molecule has 0 spiro atoms. The second kappa shape index (κ2) is 7.24. The van der Waals surface area contributed by atoms with Crippen LogP contribution in [0.1, 0.15) is 12.5 Å². The molecular formula is C14H20BrNO3. The first-order valence-electron chi connectivity index (χ1n) is 6.45. The van der Waals surface area contributed by atoms with Gasteiger partial charge in [-0.15, -0.1) is 0 Å². The summed E-state index contributed by atoms with van der Waals surface area (Å²) in [5.74, 6) is 0.847. The number of hydrogen-bond acceptors (Lipinski definition) is 4. The van der Waals surface area contributed by atoms with Crippen LogP contribution in [0.25, 0.3) is 0 Å². The van der Waals surface area contributed by atoms with Crippen molar-refractivity contribution in [3.63, 3.8) is 0 Å². The second-order valence-corrected chi connectivity index (χ2v) is 5.61. The van der Waals surface area contributed by atoms with E-state index in [1.165, 1.54) is 0 Å². The van der Waals surface area contributed by atoms with Crippen molar-refractivity contribution < 1.29 is 14.2 Å². The van der Waals surface area contributed by atoms with Crippen LogP contribution in [-0.4, -0.2) is 39.0 Å². The highest BCUT2D eigenvalue weighted by Crippen LogP contribution is 2.23. The fraction of sp³-hybridized carbons (Fsp3) is 0.571. The van der Waals surface area contributed by atoms with Crippen LogP contribution < -0.4 is 10.1 Å². The van der Waals surface area contributed by atoms with Crippen LogP contribution in [0.15, 0.2) is 22.7 Å². The summed E-state index contributed by atoms with van der Waals surface area (Å²) < 4.78 is 17.9. The zero-order chi connectivity index (χ0) is 13.7. The minimum atomic E-state index is 0.127. The van der Waals surface area contributed by atoms with Crippen molar-refractivity contribution in [3.05, 3.63) is 28.2 Å². The minimum Gasteiger partial charge on any atom is -0.496 e. The summed E-state index contributed by atoms with van der Waals surface area (Å²) >= 11 is 3.46. The molecule has 0 amide bonds. The van der Waals surface area contributed by atoms with E-state index in [-0.39, 0.29) is 12.2 Å². The molecule has 0 bridgehead atoms. The Hall–Kier alpha value is -0.620. The lowest BCUT2D eigenvalue weighted by Gasteiger charge is -2.28. The predicted octanol–water partition coefficient (Wildman–Crippen LogP) is 2.35. The van der Waals surface area contributed by atoms with E-state index in [0.717, 1.165) is 28.9 Å². The van der Waals surface area contributed by atoms with E-state index in [2.05, 4.69) is 28.2 Å². The van der Waals surface area contributed by atoms with Gasteiger partial charge in [0.05, 0.1) is 32.5 Å². The van der Waals surface area contributed by atoms with Gasteiger partial charge in [-0.05, 0) is 25.1 Å². The molecule has 0 aliphatic carbocycles. The van der Waals surface area contributed by atoms with Gasteiger partial charge in [0.15, 0.2) is 0 Å². The number of halogens is 1. The van der Waals surface area contributed by atoms with Crippen molar-refractivity contribution >= 4 is 15.9 Å². The Bertz CT molecular complexity index is 414. The molecule has 1 aliphatic rings. The van der Waals surface area contributed by atoms with Crippen LogP contribution in [0, 0.1) is 0 Å². The van der Waals surface area contributed by atoms with Gasteiger partial charge in [-0.1, -0.05) is 15.9 Å². The number of methoxy groups -OCH3 is 1. The topological polar surface area (TPSA) is 39.7 Å². The third-order valence-electron chi connectivity index (χ3n) is 3.03. The molecule has 1 N–H and O–H groups in total. The predicted molar refractivity (Wildman–Crippen MR) is 77.6 cm³/mol. The van der Waals surface area contributed by atoms with E-state index in [1.54, 1.807) is 7.11 Å². The number of rotatable bonds is 5. The molecule has 1 heterocycles. The highest BCUT2D eigenvalue weighted by atomic mass is 79.9. The number of hydrogen-bond donors (Lipinski definition) is 1. The highest BCUT2D eigenvalue weighted by molar-refractivity contribution is 9.10. The monoisotopic (exact) mass is 329 g/mol. The molecule has 2 atom stereocenters. The minimum absolute atomic E-state index is 0.127. The number of ether oxygens (including phenoxy) is 3. The smallest absolute Gasteiger partial charge is 0.124 e. The lowest BCUT2D eigenvalue weighted by molar-refractivity contribution is -0.0717. The van der Waals surface area contributed by atoms with Gasteiger partial charge in [0, 0.05) is 23.1 Å². The van der Waals surface area contributed by atoms with E-state index in [1.807, 2.05) is 18.2 Å². The van der Waals surface area contributed by atoms with Gasteiger partial charge in [0.1, 0.15) is 5.75 Å². The summed E-state index contributed by atoms with van der Waals surface area (Å²) in [6.07, 6.45) is 0.379. The largest absolute Gasteiger partial charge is 0.496 e. The van der Waals surface area contributed by atoms with Crippen LogP contribution >= 0.6 is 15.9 Å². The average molecular weight is 330 g/mol. The van der Waals surface area contributed by atoms with Crippen molar-refractivity contribution in [1.82, 2.24) is 5.32 Å². The maximum absolute atomic E-state index is 5.78. The first-order chi connectivity index (χ1) is 9.19. The molecule has 5 heteroatoms. The summed E-state index contributed by atoms with van der Waals surface area (Å²) in [6.45, 7) is 4.94. The third-order valence-corrected chi connectivity index (χ3v) is 3.53. The van der Waals surface area contributed by atoms with Gasteiger partial charge in [-0.25, -0.2) is 0 Å². The first-order valence-corrected chi connectivity index (χ1v) is 7.24. The Kier molecular flexibility index (Phi) is 5.63. The Morgan fingerprint density at radius 1 is 1.42 bits per heavy atom. The number of morpholine rings is 1. The van der Waals surface area contributed by atoms with E-state index >= 15 is 0 Å². The molecule has 4 nitrogen and oxygen atoms in total. The molecule has 2 unspecified atom stereocenters. The van der Waals surface area contributed by atoms with Gasteiger partial charge in [0.2, 0.25) is 0 Å². The summed E-state index contributed by atoms with van der Waals surface area (Å²) in [5.41, 5.74) is 1.04. The Morgan fingerprint density at radius 2 is 2.26 bits per heavy atom. The fourth-order valence-electron chi connectivity index (χ4n) is 2.13. The summed E-state index contributed by atoms with van der Waals surface area (Å²) in [7, 11) is 1.67. The summed E-state index contributed by atoms with van der Waals surface area (Å²) in [4.78, 5) is 0. The first kappa shape index (κ1) is 14.8. The van der Waals surface area contributed by atoms with Crippen LogP contribution in [0.5, 0.6) is 5.75 Å². The van der Waals surface area contributed by atoms with Crippen molar-refractivity contribution in [2.24, 2.45) is 0 Å². The van der Waals surface area contributed by atoms with Crippen molar-refractivity contribution in [3.8, 4) is 5.75 Å². The second-order valence-electron chi connectivity index (χ2n) is 4.70. The van der Waals surface area contributed by atoms with Crippen molar-refractivity contribution in [2.45, 2.75) is 25.7 Å². The van der Waals surface area contributed by atoms with E-state index in [9.17, 15) is 0 Å². The summed E-state index contributed by atoms with van der Waals surface area (Å²) in [5, 5.41) is 3.33. The molecule has 0 radical (unpaired) electrons. The Labute approximate surface area is 122 Å². The number of benzene rings is 1. The van der Waals surface area contributed by atoms with Gasteiger partial charge >= 0.3 is 0 Å². The molecule has 0 saturated carbocycles. The molecule has 2 rings (SSSR count). The molecule has 1 saturated heterocycles. The molecule has 1 aliphatic heterocycles. The molecular weight excluding hydrogens is 310 g/mol. The Morgan fingerprint density at radius 3 is 3.00 bits per heavy atom. The van der Waals surface area contributed by atoms with E-state index in [4.69, 9.17) is 14.2 Å². The summed E-state index contributed by atoms with van der Waals surface area (Å²) in [6, 6.07) is 5.91. The zero-order valence-electron chi connectivity index (χ0n) is 11.3. The maximum Gasteiger partial charge on any atom is 0.124 e. The van der Waals surface area contributed by atoms with Gasteiger partial charge in [-0.3, -0.25) is 0 Å². The molecule has 1 aromatic rings. The lowest BCUT2D eigenvalue weighted by atomic mass is 10.2. The van der Waals surface area contributed by atoms with Crippen LogP contribution in [0.3, 0.4) is 0 Å². The molecule has 1 fully saturated rings. The van der Waals surface area contributed by atoms with Crippen molar-refractivity contribution in [1.29, 1.82) is 0 Å². The Balaban J connectivity index is 1.83. The van der Waals surface area contributed by atoms with Crippen molar-refractivity contribution in [2.75, 3.05) is 26.8 Å². The van der Waals surface area contributed by atoms with Crippen LogP contribution in [0.2, 0.25) is 0 Å². The molecule has 1 aromatic carbocycles. The van der Waals surface area contributed by atoms with E-state index in [0.29, 0.717) is 13.2 Å². The van der Waals surface area contributed by atoms with Gasteiger partial charge < -0.3 is 19.5 Å². The van der Waals surface area contributed by atoms with Crippen LogP contribution in [0.4, 0.5) is 0 Å². The molecule has 19 heavy (non-hydrogen) atoms. The van der Waals surface area contributed by atoms with Gasteiger partial charge in [-0.2, -0.15) is 0 Å². The number of nitrogens with one attached hydrogen (secondary N) is 1. The van der Waals surface area contributed by atoms with Crippen LogP contribution in [-0.2, 0) is 16.1 Å². The van der Waals surface area contributed by atoms with Gasteiger partial charge in [0.25, 0.3) is 0 Å². The maximum atomic E-state index is 5.78. The SMILES string of the molecule is COc1ccc(Br)cc1COCC1CNCC(C)O1. The standard InChI is InChI=1S/C14H20BrNO3/c1-10-6-16-7-13(19-10)9-18-8-11-5-12(15)3-4-14(11)17-2/h3-5,10,13,16H,6-9H2,1-2H3. The zero-order valence-corrected chi connectivity index (χ0v) is 12.9. The molecule has 0 aromatic heterocycles. The third kappa shape index (κ3) is 4.45. The fourth-order valence-corrected chi connectivity index (χ4v) is 2.54. The van der Waals surface area contributed by atoms with E-state index < -0.39 is 0 Å². The normalized spacial score (nSPS) is 23.3. The average Bonchev–Trinajstić information content (AvgIpc) is 2.39. The quantitative estimate of drug-likeness (QED) is 0.900. The highest BCUT2D eigenvalue weighted by Gasteiger charge is 2.18.